The van der Waals surface area contributed by atoms with Gasteiger partial charge in [0, 0.05) is 23.4 Å². The summed E-state index contributed by atoms with van der Waals surface area (Å²) in [6.45, 7) is 2.16. The van der Waals surface area contributed by atoms with Crippen molar-refractivity contribution < 1.29 is 0 Å². The number of allylic oxidation sites excluding steroid dienone is 2. The first-order valence-electron chi connectivity index (χ1n) is 10.2. The number of anilines is 1. The molecule has 30 heavy (non-hydrogen) atoms. The fourth-order valence-electron chi connectivity index (χ4n) is 4.58. The molecular formula is C26H22Cl2N2. The molecule has 1 N–H and O–H groups in total. The molecule has 3 atom stereocenters. The number of benzene rings is 3. The molecule has 3 aromatic carbocycles. The molecule has 0 radical (unpaired) electrons. The molecule has 5 rings (SSSR count). The molecule has 1 heterocycles. The summed E-state index contributed by atoms with van der Waals surface area (Å²) in [5.74, 6) is 1.02. The second kappa shape index (κ2) is 7.94. The summed E-state index contributed by atoms with van der Waals surface area (Å²) < 4.78 is 0. The number of nitrogens with one attached hydrogen (secondary N) is 1. The molecular weight excluding hydrogens is 411 g/mol. The van der Waals surface area contributed by atoms with Gasteiger partial charge in [0.1, 0.15) is 0 Å². The fourth-order valence-corrected chi connectivity index (χ4v) is 5.08. The Hall–Kier alpha value is -2.55. The van der Waals surface area contributed by atoms with Gasteiger partial charge in [0.05, 0.1) is 21.8 Å². The van der Waals surface area contributed by atoms with Gasteiger partial charge < -0.3 is 5.32 Å². The molecule has 1 aliphatic carbocycles. The molecule has 0 amide bonds. The normalized spacial score (nSPS) is 22.0. The third-order valence-electron chi connectivity index (χ3n) is 6.11. The van der Waals surface area contributed by atoms with Crippen LogP contribution in [0.25, 0.3) is 0 Å². The molecule has 2 aliphatic rings. The van der Waals surface area contributed by atoms with E-state index in [0.717, 1.165) is 17.7 Å². The molecule has 4 heteroatoms. The van der Waals surface area contributed by atoms with Gasteiger partial charge in [-0.25, -0.2) is 0 Å². The van der Waals surface area contributed by atoms with Gasteiger partial charge in [-0.1, -0.05) is 71.2 Å². The molecule has 2 nitrogen and oxygen atoms in total. The lowest BCUT2D eigenvalue weighted by Crippen LogP contribution is -2.29. The largest absolute Gasteiger partial charge is 0.378 e. The van der Waals surface area contributed by atoms with Crippen LogP contribution in [-0.2, 0) is 0 Å². The van der Waals surface area contributed by atoms with E-state index in [2.05, 4.69) is 71.8 Å². The van der Waals surface area contributed by atoms with E-state index in [-0.39, 0.29) is 6.04 Å². The maximum Gasteiger partial charge on any atom is 0.0630 e. The predicted molar refractivity (Wildman–Crippen MR) is 128 cm³/mol. The fraction of sp³-hybridized carbons (Fsp3) is 0.192. The number of hydrogen-bond donors (Lipinski definition) is 1. The predicted octanol–water partition coefficient (Wildman–Crippen LogP) is 7.88. The van der Waals surface area contributed by atoms with E-state index in [9.17, 15) is 0 Å². The zero-order valence-corrected chi connectivity index (χ0v) is 18.2. The van der Waals surface area contributed by atoms with Crippen molar-refractivity contribution in [2.75, 3.05) is 5.32 Å². The topological polar surface area (TPSA) is 24.4 Å². The molecule has 0 fully saturated rings. The van der Waals surface area contributed by atoms with Crippen LogP contribution in [0.1, 0.15) is 40.6 Å². The summed E-state index contributed by atoms with van der Waals surface area (Å²) >= 11 is 12.5. The number of aryl methyl sites for hydroxylation is 1. The molecule has 0 aromatic heterocycles. The number of aliphatic imine (C=N–C) groups is 1. The van der Waals surface area contributed by atoms with Gasteiger partial charge in [0.25, 0.3) is 0 Å². The van der Waals surface area contributed by atoms with Crippen molar-refractivity contribution in [1.82, 2.24) is 0 Å². The Bertz CT molecular complexity index is 1130. The van der Waals surface area contributed by atoms with E-state index in [1.54, 1.807) is 6.21 Å². The number of hydrogen-bond acceptors (Lipinski definition) is 2. The molecule has 0 bridgehead atoms. The standard InChI is InChI=1S/C26H22Cl2N2/c1-16-8-13-25-21(14-16)19-4-2-5-20(19)26(30-25)17-9-11-18(12-10-17)29-15-22-23(27)6-3-7-24(22)28/h2-4,6-15,19-20,26,30H,5H2,1H3/t19-,20-,26+/m1/s1. The third kappa shape index (κ3) is 3.55. The van der Waals surface area contributed by atoms with Crippen molar-refractivity contribution in [1.29, 1.82) is 0 Å². The van der Waals surface area contributed by atoms with Crippen molar-refractivity contribution in [3.8, 4) is 0 Å². The molecule has 1 aliphatic heterocycles. The molecule has 3 aromatic rings. The minimum atomic E-state index is 0.288. The van der Waals surface area contributed by atoms with Crippen molar-refractivity contribution in [3.63, 3.8) is 0 Å². The van der Waals surface area contributed by atoms with Gasteiger partial charge in [-0.2, -0.15) is 0 Å². The number of fused-ring (bicyclic) bond motifs is 3. The molecule has 0 saturated heterocycles. The Balaban J connectivity index is 1.41. The Kier molecular flexibility index (Phi) is 5.14. The number of rotatable bonds is 3. The minimum absolute atomic E-state index is 0.288. The summed E-state index contributed by atoms with van der Waals surface area (Å²) in [6.07, 6.45) is 7.53. The third-order valence-corrected chi connectivity index (χ3v) is 6.77. The summed E-state index contributed by atoms with van der Waals surface area (Å²) in [5, 5.41) is 4.99. The van der Waals surface area contributed by atoms with Crippen LogP contribution in [-0.4, -0.2) is 6.21 Å². The highest BCUT2D eigenvalue weighted by atomic mass is 35.5. The van der Waals surface area contributed by atoms with Crippen LogP contribution in [0.15, 0.2) is 77.8 Å². The highest BCUT2D eigenvalue weighted by molar-refractivity contribution is 6.38. The SMILES string of the molecule is Cc1ccc2c(c1)[C@@H]1C=CC[C@H]1[C@H](c1ccc(N=Cc3c(Cl)cccc3Cl)cc1)N2. The Morgan fingerprint density at radius 3 is 2.53 bits per heavy atom. The highest BCUT2D eigenvalue weighted by Gasteiger charge is 2.37. The van der Waals surface area contributed by atoms with Gasteiger partial charge in [-0.15, -0.1) is 0 Å². The Labute approximate surface area is 187 Å². The van der Waals surface area contributed by atoms with Gasteiger partial charge in [-0.05, 0) is 60.7 Å². The van der Waals surface area contributed by atoms with Gasteiger partial charge in [0.15, 0.2) is 0 Å². The van der Waals surface area contributed by atoms with Gasteiger partial charge in [0.2, 0.25) is 0 Å². The molecule has 150 valence electrons. The summed E-state index contributed by atoms with van der Waals surface area (Å²) in [5.41, 5.74) is 6.88. The monoisotopic (exact) mass is 432 g/mol. The highest BCUT2D eigenvalue weighted by Crippen LogP contribution is 2.50. The van der Waals surface area contributed by atoms with Crippen molar-refractivity contribution >= 4 is 40.8 Å². The van der Waals surface area contributed by atoms with Crippen LogP contribution < -0.4 is 5.32 Å². The summed E-state index contributed by atoms with van der Waals surface area (Å²) in [6, 6.07) is 20.9. The first-order chi connectivity index (χ1) is 14.6. The lowest BCUT2D eigenvalue weighted by molar-refractivity contribution is 0.425. The maximum absolute atomic E-state index is 6.24. The zero-order chi connectivity index (χ0) is 20.7. The first-order valence-corrected chi connectivity index (χ1v) is 11.0. The van der Waals surface area contributed by atoms with Crippen molar-refractivity contribution in [2.24, 2.45) is 10.9 Å². The van der Waals surface area contributed by atoms with E-state index in [4.69, 9.17) is 23.2 Å². The first kappa shape index (κ1) is 19.4. The smallest absolute Gasteiger partial charge is 0.0630 e. The Morgan fingerprint density at radius 1 is 1.00 bits per heavy atom. The average molecular weight is 433 g/mol. The lowest BCUT2D eigenvalue weighted by Gasteiger charge is -2.37. The number of halogens is 2. The zero-order valence-electron chi connectivity index (χ0n) is 16.6. The average Bonchev–Trinajstić information content (AvgIpc) is 3.24. The summed E-state index contributed by atoms with van der Waals surface area (Å²) in [7, 11) is 0. The second-order valence-electron chi connectivity index (χ2n) is 8.05. The van der Waals surface area contributed by atoms with Crippen LogP contribution in [0.4, 0.5) is 11.4 Å². The van der Waals surface area contributed by atoms with Crippen LogP contribution in [0.3, 0.4) is 0 Å². The van der Waals surface area contributed by atoms with Crippen LogP contribution in [0.2, 0.25) is 10.0 Å². The van der Waals surface area contributed by atoms with E-state index in [0.29, 0.717) is 21.9 Å². The van der Waals surface area contributed by atoms with Crippen molar-refractivity contribution in [3.05, 3.63) is 105 Å². The van der Waals surface area contributed by atoms with E-state index >= 15 is 0 Å². The quantitative estimate of drug-likeness (QED) is 0.330. The van der Waals surface area contributed by atoms with E-state index < -0.39 is 0 Å². The lowest BCUT2D eigenvalue weighted by atomic mass is 9.76. The summed E-state index contributed by atoms with van der Waals surface area (Å²) in [4.78, 5) is 4.57. The Morgan fingerprint density at radius 2 is 1.77 bits per heavy atom. The van der Waals surface area contributed by atoms with Crippen LogP contribution in [0.5, 0.6) is 0 Å². The molecule has 0 spiro atoms. The maximum atomic E-state index is 6.24. The van der Waals surface area contributed by atoms with Gasteiger partial charge >= 0.3 is 0 Å². The van der Waals surface area contributed by atoms with Gasteiger partial charge in [-0.3, -0.25) is 4.99 Å². The van der Waals surface area contributed by atoms with Crippen LogP contribution >= 0.6 is 23.2 Å². The van der Waals surface area contributed by atoms with E-state index in [1.165, 1.54) is 22.4 Å². The van der Waals surface area contributed by atoms with E-state index in [1.807, 2.05) is 18.2 Å². The number of nitrogens with zero attached hydrogens (tertiary/aromatic N) is 1. The minimum Gasteiger partial charge on any atom is -0.378 e. The molecule has 0 unspecified atom stereocenters. The molecule has 0 saturated carbocycles. The van der Waals surface area contributed by atoms with Crippen molar-refractivity contribution in [2.45, 2.75) is 25.3 Å². The second-order valence-corrected chi connectivity index (χ2v) is 8.87. The van der Waals surface area contributed by atoms with Crippen LogP contribution in [0, 0.1) is 12.8 Å².